The first kappa shape index (κ1) is 15.6. The fourth-order valence-electron chi connectivity index (χ4n) is 1.76. The Morgan fingerprint density at radius 3 is 2.12 bits per heavy atom. The van der Waals surface area contributed by atoms with E-state index < -0.39 is 18.7 Å². The molecule has 1 atom stereocenters. The molecule has 0 bridgehead atoms. The molecule has 0 saturated heterocycles. The Balaban J connectivity index is 5.29. The van der Waals surface area contributed by atoms with Gasteiger partial charge in [0.25, 0.3) is 0 Å². The maximum Gasteiger partial charge on any atom is 0.342 e. The Hall–Kier alpha value is -0.380. The van der Waals surface area contributed by atoms with Crippen molar-refractivity contribution in [3.8, 4) is 0 Å². The van der Waals surface area contributed by atoms with Crippen LogP contribution in [0.1, 0.15) is 40.5 Å². The Morgan fingerprint density at radius 1 is 1.38 bits per heavy atom. The first-order valence-corrected chi connectivity index (χ1v) is 7.05. The van der Waals surface area contributed by atoms with Crippen LogP contribution in [0.4, 0.5) is 0 Å². The molecular formula is C10H21O5P. The van der Waals surface area contributed by atoms with Gasteiger partial charge in [0.05, 0.1) is 6.61 Å². The van der Waals surface area contributed by atoms with E-state index in [4.69, 9.17) is 4.74 Å². The maximum absolute atomic E-state index is 11.8. The second-order valence-corrected chi connectivity index (χ2v) is 6.19. The highest BCUT2D eigenvalue weighted by Crippen LogP contribution is 2.56. The van der Waals surface area contributed by atoms with Crippen LogP contribution in [-0.4, -0.2) is 27.5 Å². The van der Waals surface area contributed by atoms with Crippen LogP contribution in [0.2, 0.25) is 0 Å². The number of rotatable bonds is 6. The molecule has 96 valence electrons. The lowest BCUT2D eigenvalue weighted by Gasteiger charge is -2.32. The highest BCUT2D eigenvalue weighted by molar-refractivity contribution is 7.54. The van der Waals surface area contributed by atoms with Crippen molar-refractivity contribution in [3.05, 3.63) is 0 Å². The average molecular weight is 252 g/mol. The number of hydrogen-bond donors (Lipinski definition) is 2. The van der Waals surface area contributed by atoms with Gasteiger partial charge in [-0.1, -0.05) is 20.8 Å². The molecule has 16 heavy (non-hydrogen) atoms. The summed E-state index contributed by atoms with van der Waals surface area (Å²) in [6, 6.07) is 0. The summed E-state index contributed by atoms with van der Waals surface area (Å²) in [6.07, 6.45) is 0.209. The number of esters is 1. The van der Waals surface area contributed by atoms with E-state index in [0.717, 1.165) is 0 Å². The molecular weight excluding hydrogens is 231 g/mol. The van der Waals surface area contributed by atoms with Crippen molar-refractivity contribution in [2.24, 2.45) is 5.92 Å². The lowest BCUT2D eigenvalue weighted by molar-refractivity contribution is -0.147. The van der Waals surface area contributed by atoms with E-state index >= 15 is 0 Å². The van der Waals surface area contributed by atoms with Gasteiger partial charge in [0, 0.05) is 0 Å². The van der Waals surface area contributed by atoms with Gasteiger partial charge in [-0.3, -0.25) is 9.36 Å². The predicted octanol–water partition coefficient (Wildman–Crippen LogP) is 1.92. The minimum atomic E-state index is -4.52. The SMILES string of the molecule is CCOC(=O)C(CC)(CC(C)C)P(=O)(O)O. The van der Waals surface area contributed by atoms with Crippen LogP contribution in [0.15, 0.2) is 0 Å². The van der Waals surface area contributed by atoms with Crippen molar-refractivity contribution >= 4 is 13.6 Å². The van der Waals surface area contributed by atoms with Gasteiger partial charge in [0.2, 0.25) is 0 Å². The van der Waals surface area contributed by atoms with Crippen LogP contribution < -0.4 is 0 Å². The first-order chi connectivity index (χ1) is 7.21. The third kappa shape index (κ3) is 3.30. The molecule has 0 aromatic carbocycles. The zero-order valence-corrected chi connectivity index (χ0v) is 11.2. The van der Waals surface area contributed by atoms with Crippen molar-refractivity contribution in [1.29, 1.82) is 0 Å². The van der Waals surface area contributed by atoms with Gasteiger partial charge >= 0.3 is 13.6 Å². The molecule has 0 aromatic heterocycles. The third-order valence-electron chi connectivity index (χ3n) is 2.54. The van der Waals surface area contributed by atoms with Crippen molar-refractivity contribution in [2.45, 2.75) is 45.7 Å². The Kier molecular flexibility index (Phi) is 5.66. The number of hydrogen-bond acceptors (Lipinski definition) is 3. The summed E-state index contributed by atoms with van der Waals surface area (Å²) in [5.74, 6) is -0.781. The largest absolute Gasteiger partial charge is 0.465 e. The molecule has 0 heterocycles. The van der Waals surface area contributed by atoms with Crippen molar-refractivity contribution in [2.75, 3.05) is 6.61 Å². The quantitative estimate of drug-likeness (QED) is 0.557. The summed E-state index contributed by atoms with van der Waals surface area (Å²) >= 11 is 0. The predicted molar refractivity (Wildman–Crippen MR) is 61.2 cm³/mol. The van der Waals surface area contributed by atoms with Crippen molar-refractivity contribution < 1.29 is 23.9 Å². The summed E-state index contributed by atoms with van der Waals surface area (Å²) in [5, 5.41) is -1.68. The van der Waals surface area contributed by atoms with E-state index in [-0.39, 0.29) is 25.4 Å². The molecule has 0 aliphatic carbocycles. The van der Waals surface area contributed by atoms with Gasteiger partial charge in [-0.05, 0) is 25.7 Å². The van der Waals surface area contributed by atoms with E-state index in [0.29, 0.717) is 0 Å². The third-order valence-corrected chi connectivity index (χ3v) is 4.34. The minimum Gasteiger partial charge on any atom is -0.465 e. The van der Waals surface area contributed by atoms with Crippen LogP contribution >= 0.6 is 7.60 Å². The first-order valence-electron chi connectivity index (χ1n) is 5.44. The van der Waals surface area contributed by atoms with Gasteiger partial charge in [-0.2, -0.15) is 0 Å². The Bertz CT molecular complexity index is 283. The Labute approximate surface area is 96.4 Å². The second kappa shape index (κ2) is 5.80. The van der Waals surface area contributed by atoms with Crippen LogP contribution in [0.3, 0.4) is 0 Å². The molecule has 2 N–H and O–H groups in total. The van der Waals surface area contributed by atoms with Crippen LogP contribution in [0.5, 0.6) is 0 Å². The highest BCUT2D eigenvalue weighted by atomic mass is 31.2. The van der Waals surface area contributed by atoms with E-state index in [9.17, 15) is 19.1 Å². The van der Waals surface area contributed by atoms with Crippen LogP contribution in [0.25, 0.3) is 0 Å². The monoisotopic (exact) mass is 252 g/mol. The molecule has 0 aliphatic rings. The zero-order chi connectivity index (χ0) is 13.0. The molecule has 0 spiro atoms. The number of carbonyl (C=O) groups excluding carboxylic acids is 1. The molecule has 0 saturated carbocycles. The topological polar surface area (TPSA) is 83.8 Å². The highest BCUT2D eigenvalue weighted by Gasteiger charge is 2.53. The van der Waals surface area contributed by atoms with E-state index in [2.05, 4.69) is 0 Å². The summed E-state index contributed by atoms with van der Waals surface area (Å²) in [4.78, 5) is 30.5. The molecule has 0 aliphatic heterocycles. The van der Waals surface area contributed by atoms with Crippen LogP contribution in [0, 0.1) is 5.92 Å². The zero-order valence-electron chi connectivity index (χ0n) is 10.3. The molecule has 0 fully saturated rings. The molecule has 1 unspecified atom stereocenters. The number of carbonyl (C=O) groups is 1. The molecule has 0 radical (unpaired) electrons. The van der Waals surface area contributed by atoms with Gasteiger partial charge < -0.3 is 14.5 Å². The summed E-state index contributed by atoms with van der Waals surface area (Å²) in [6.45, 7) is 6.98. The van der Waals surface area contributed by atoms with Crippen molar-refractivity contribution in [1.82, 2.24) is 0 Å². The minimum absolute atomic E-state index is 0.0111. The summed E-state index contributed by atoms with van der Waals surface area (Å²) < 4.78 is 16.3. The molecule has 0 rings (SSSR count). The second-order valence-electron chi connectivity index (χ2n) is 4.25. The normalized spacial score (nSPS) is 15.9. The average Bonchev–Trinajstić information content (AvgIpc) is 2.12. The molecule has 6 heteroatoms. The number of ether oxygens (including phenoxy) is 1. The van der Waals surface area contributed by atoms with E-state index in [1.54, 1.807) is 13.8 Å². The van der Waals surface area contributed by atoms with Gasteiger partial charge in [0.1, 0.15) is 0 Å². The fraction of sp³-hybridized carbons (Fsp3) is 0.900. The molecule has 0 amide bonds. The molecule has 0 aromatic rings. The van der Waals surface area contributed by atoms with Gasteiger partial charge in [-0.15, -0.1) is 0 Å². The summed E-state index contributed by atoms with van der Waals surface area (Å²) in [7, 11) is -4.52. The van der Waals surface area contributed by atoms with Gasteiger partial charge in [-0.25, -0.2) is 0 Å². The van der Waals surface area contributed by atoms with E-state index in [1.165, 1.54) is 0 Å². The fourth-order valence-corrected chi connectivity index (χ4v) is 3.07. The molecule has 5 nitrogen and oxygen atoms in total. The lowest BCUT2D eigenvalue weighted by Crippen LogP contribution is -2.40. The smallest absolute Gasteiger partial charge is 0.342 e. The summed E-state index contributed by atoms with van der Waals surface area (Å²) in [5.41, 5.74) is 0. The van der Waals surface area contributed by atoms with E-state index in [1.807, 2.05) is 13.8 Å². The Morgan fingerprint density at radius 2 is 1.88 bits per heavy atom. The van der Waals surface area contributed by atoms with Gasteiger partial charge in [0.15, 0.2) is 5.16 Å². The van der Waals surface area contributed by atoms with Crippen LogP contribution in [-0.2, 0) is 14.1 Å². The maximum atomic E-state index is 11.8. The lowest BCUT2D eigenvalue weighted by atomic mass is 9.94. The van der Waals surface area contributed by atoms with Crippen molar-refractivity contribution in [3.63, 3.8) is 0 Å². The standard InChI is InChI=1S/C10H21O5P/c1-5-10(7-8(3)4,16(12,13)14)9(11)15-6-2/h8H,5-7H2,1-4H3,(H2,12,13,14).